The summed E-state index contributed by atoms with van der Waals surface area (Å²) in [5.74, 6) is -0.817. The fraction of sp³-hybridized carbons (Fsp3) is 0.300. The van der Waals surface area contributed by atoms with Crippen molar-refractivity contribution in [3.63, 3.8) is 0 Å². The van der Waals surface area contributed by atoms with Gasteiger partial charge in [-0.2, -0.15) is 0 Å². The summed E-state index contributed by atoms with van der Waals surface area (Å²) in [5.41, 5.74) is 0.990. The summed E-state index contributed by atoms with van der Waals surface area (Å²) < 4.78 is 18.5. The van der Waals surface area contributed by atoms with Gasteiger partial charge in [0, 0.05) is 30.8 Å². The number of carbonyl (C=O) groups is 2. The first-order chi connectivity index (χ1) is 12.6. The molecule has 2 amide bonds. The lowest BCUT2D eigenvalue weighted by molar-refractivity contribution is 0.0534. The van der Waals surface area contributed by atoms with Gasteiger partial charge in [-0.1, -0.05) is 18.2 Å². The van der Waals surface area contributed by atoms with Crippen molar-refractivity contribution in [1.82, 2.24) is 10.6 Å². The van der Waals surface area contributed by atoms with Crippen LogP contribution in [0.15, 0.2) is 54.6 Å². The third kappa shape index (κ3) is 6.29. The number of benzene rings is 2. The summed E-state index contributed by atoms with van der Waals surface area (Å²) in [4.78, 5) is 24.1. The SMILES string of the molecule is CCOC(CCNC(=O)c1ccccc1)CNC(=O)c1ccc(F)cc1. The molecule has 1 atom stereocenters. The summed E-state index contributed by atoms with van der Waals surface area (Å²) in [6.45, 7) is 3.12. The van der Waals surface area contributed by atoms with Crippen LogP contribution >= 0.6 is 0 Å². The van der Waals surface area contributed by atoms with Gasteiger partial charge in [0.15, 0.2) is 0 Å². The Hall–Kier alpha value is -2.73. The molecule has 26 heavy (non-hydrogen) atoms. The largest absolute Gasteiger partial charge is 0.377 e. The van der Waals surface area contributed by atoms with Crippen molar-refractivity contribution in [3.05, 3.63) is 71.5 Å². The summed E-state index contributed by atoms with van der Waals surface area (Å²) in [5, 5.41) is 5.61. The van der Waals surface area contributed by atoms with Crippen LogP contribution in [0.3, 0.4) is 0 Å². The number of rotatable bonds is 9. The van der Waals surface area contributed by atoms with Crippen molar-refractivity contribution >= 4 is 11.8 Å². The van der Waals surface area contributed by atoms with E-state index >= 15 is 0 Å². The minimum Gasteiger partial charge on any atom is -0.377 e. The number of hydrogen-bond donors (Lipinski definition) is 2. The lowest BCUT2D eigenvalue weighted by Gasteiger charge is -2.18. The zero-order valence-electron chi connectivity index (χ0n) is 14.7. The molecular weight excluding hydrogens is 335 g/mol. The summed E-state index contributed by atoms with van der Waals surface area (Å²) in [6, 6.07) is 14.3. The van der Waals surface area contributed by atoms with E-state index in [1.165, 1.54) is 24.3 Å². The molecule has 0 bridgehead atoms. The smallest absolute Gasteiger partial charge is 0.251 e. The summed E-state index contributed by atoms with van der Waals surface area (Å²) >= 11 is 0. The molecule has 6 heteroatoms. The topological polar surface area (TPSA) is 67.4 Å². The number of amides is 2. The highest BCUT2D eigenvalue weighted by Crippen LogP contribution is 2.04. The average molecular weight is 358 g/mol. The highest BCUT2D eigenvalue weighted by Gasteiger charge is 2.13. The minimum atomic E-state index is -0.386. The van der Waals surface area contributed by atoms with Crippen LogP contribution in [0.25, 0.3) is 0 Å². The highest BCUT2D eigenvalue weighted by atomic mass is 19.1. The van der Waals surface area contributed by atoms with Crippen LogP contribution in [0.4, 0.5) is 4.39 Å². The Labute approximate surface area is 152 Å². The molecule has 0 heterocycles. The van der Waals surface area contributed by atoms with Crippen LogP contribution in [0, 0.1) is 5.82 Å². The van der Waals surface area contributed by atoms with E-state index in [2.05, 4.69) is 10.6 Å². The van der Waals surface area contributed by atoms with E-state index in [1.807, 2.05) is 25.1 Å². The zero-order chi connectivity index (χ0) is 18.8. The van der Waals surface area contributed by atoms with Gasteiger partial charge in [0.25, 0.3) is 11.8 Å². The molecule has 5 nitrogen and oxygen atoms in total. The van der Waals surface area contributed by atoms with E-state index < -0.39 is 0 Å². The quantitative estimate of drug-likeness (QED) is 0.724. The first kappa shape index (κ1) is 19.6. The maximum Gasteiger partial charge on any atom is 0.251 e. The second-order valence-corrected chi connectivity index (χ2v) is 5.70. The van der Waals surface area contributed by atoms with E-state index in [-0.39, 0.29) is 23.7 Å². The lowest BCUT2D eigenvalue weighted by Crippen LogP contribution is -2.36. The molecule has 2 N–H and O–H groups in total. The summed E-state index contributed by atoms with van der Waals surface area (Å²) in [6.07, 6.45) is 0.344. The van der Waals surface area contributed by atoms with Crippen molar-refractivity contribution in [3.8, 4) is 0 Å². The van der Waals surface area contributed by atoms with Gasteiger partial charge in [0.1, 0.15) is 5.82 Å². The standard InChI is InChI=1S/C20H23FN2O3/c1-2-26-18(12-13-22-19(24)15-6-4-3-5-7-15)14-23-20(25)16-8-10-17(21)11-9-16/h3-11,18H,2,12-14H2,1H3,(H,22,24)(H,23,25). The molecule has 2 rings (SSSR count). The van der Waals surface area contributed by atoms with Gasteiger partial charge >= 0.3 is 0 Å². The Balaban J connectivity index is 1.78. The van der Waals surface area contributed by atoms with Gasteiger partial charge in [-0.15, -0.1) is 0 Å². The Bertz CT molecular complexity index is 705. The van der Waals surface area contributed by atoms with E-state index in [0.717, 1.165) is 0 Å². The monoisotopic (exact) mass is 358 g/mol. The van der Waals surface area contributed by atoms with Crippen LogP contribution in [0.1, 0.15) is 34.1 Å². The van der Waals surface area contributed by atoms with Gasteiger partial charge in [0.05, 0.1) is 6.10 Å². The molecule has 0 aliphatic carbocycles. The Kier molecular flexibility index (Phi) is 7.76. The second-order valence-electron chi connectivity index (χ2n) is 5.70. The van der Waals surface area contributed by atoms with E-state index in [4.69, 9.17) is 4.74 Å². The van der Waals surface area contributed by atoms with Crippen molar-refractivity contribution < 1.29 is 18.7 Å². The van der Waals surface area contributed by atoms with Crippen LogP contribution in [0.5, 0.6) is 0 Å². The number of carbonyl (C=O) groups excluding carboxylic acids is 2. The molecule has 2 aromatic rings. The third-order valence-corrected chi connectivity index (χ3v) is 3.79. The molecule has 0 aromatic heterocycles. The number of hydrogen-bond acceptors (Lipinski definition) is 3. The van der Waals surface area contributed by atoms with Crippen molar-refractivity contribution in [2.24, 2.45) is 0 Å². The highest BCUT2D eigenvalue weighted by molar-refractivity contribution is 5.94. The molecule has 0 spiro atoms. The fourth-order valence-corrected chi connectivity index (χ4v) is 2.43. The Morgan fingerprint density at radius 3 is 2.23 bits per heavy atom. The van der Waals surface area contributed by atoms with Gasteiger partial charge < -0.3 is 15.4 Å². The van der Waals surface area contributed by atoms with Gasteiger partial charge in [-0.25, -0.2) is 4.39 Å². The molecule has 0 aliphatic rings. The molecule has 0 aliphatic heterocycles. The average Bonchev–Trinajstić information content (AvgIpc) is 2.67. The van der Waals surface area contributed by atoms with Gasteiger partial charge in [0.2, 0.25) is 0 Å². The molecule has 2 aromatic carbocycles. The summed E-state index contributed by atoms with van der Waals surface area (Å²) in [7, 11) is 0. The number of halogens is 1. The predicted octanol–water partition coefficient (Wildman–Crippen LogP) is 2.78. The maximum absolute atomic E-state index is 12.9. The molecule has 0 radical (unpaired) electrons. The van der Waals surface area contributed by atoms with Crippen LogP contribution in [-0.4, -0.2) is 37.6 Å². The van der Waals surface area contributed by atoms with Crippen LogP contribution in [-0.2, 0) is 4.74 Å². The van der Waals surface area contributed by atoms with E-state index in [9.17, 15) is 14.0 Å². The number of ether oxygens (including phenoxy) is 1. The Morgan fingerprint density at radius 1 is 0.962 bits per heavy atom. The van der Waals surface area contributed by atoms with Crippen molar-refractivity contribution in [2.75, 3.05) is 19.7 Å². The molecule has 0 saturated heterocycles. The first-order valence-corrected chi connectivity index (χ1v) is 8.58. The lowest BCUT2D eigenvalue weighted by atomic mass is 10.2. The van der Waals surface area contributed by atoms with Crippen molar-refractivity contribution in [1.29, 1.82) is 0 Å². The molecule has 0 fully saturated rings. The minimum absolute atomic E-state index is 0.142. The predicted molar refractivity (Wildman–Crippen MR) is 97.5 cm³/mol. The van der Waals surface area contributed by atoms with Crippen LogP contribution < -0.4 is 10.6 Å². The molecule has 138 valence electrons. The third-order valence-electron chi connectivity index (χ3n) is 3.79. The molecule has 0 saturated carbocycles. The van der Waals surface area contributed by atoms with E-state index in [1.54, 1.807) is 12.1 Å². The van der Waals surface area contributed by atoms with Crippen LogP contribution in [0.2, 0.25) is 0 Å². The molecule has 1 unspecified atom stereocenters. The zero-order valence-corrected chi connectivity index (χ0v) is 14.7. The second kappa shape index (κ2) is 10.3. The maximum atomic E-state index is 12.9. The van der Waals surface area contributed by atoms with Gasteiger partial charge in [-0.3, -0.25) is 9.59 Å². The Morgan fingerprint density at radius 2 is 1.58 bits per heavy atom. The fourth-order valence-electron chi connectivity index (χ4n) is 2.43. The first-order valence-electron chi connectivity index (χ1n) is 8.58. The normalized spacial score (nSPS) is 11.6. The van der Waals surface area contributed by atoms with Crippen molar-refractivity contribution in [2.45, 2.75) is 19.4 Å². The molecular formula is C20H23FN2O3. The number of nitrogens with one attached hydrogen (secondary N) is 2. The van der Waals surface area contributed by atoms with E-state index in [0.29, 0.717) is 37.2 Å². The van der Waals surface area contributed by atoms with Gasteiger partial charge in [-0.05, 0) is 49.7 Å².